The highest BCUT2D eigenvalue weighted by atomic mass is 32.1. The Kier molecular flexibility index (Phi) is 4.52. The highest BCUT2D eigenvalue weighted by Crippen LogP contribution is 2.16. The van der Waals surface area contributed by atoms with Crippen molar-refractivity contribution in [1.82, 2.24) is 10.6 Å². The SMILES string of the molecule is C[C@@H](Oc1ccc(C=C2C(=O)NC(=S)NC2=O)cc1)C(=O)O. The summed E-state index contributed by atoms with van der Waals surface area (Å²) in [6.07, 6.45) is 0.428. The zero-order valence-corrected chi connectivity index (χ0v) is 12.3. The molecule has 0 bridgehead atoms. The molecule has 1 aromatic rings. The predicted molar refractivity (Wildman–Crippen MR) is 81.0 cm³/mol. The van der Waals surface area contributed by atoms with E-state index in [0.717, 1.165) is 0 Å². The average Bonchev–Trinajstić information content (AvgIpc) is 2.44. The molecule has 1 saturated heterocycles. The first kappa shape index (κ1) is 15.6. The molecule has 22 heavy (non-hydrogen) atoms. The zero-order chi connectivity index (χ0) is 16.3. The summed E-state index contributed by atoms with van der Waals surface area (Å²) in [5.41, 5.74) is 0.518. The maximum Gasteiger partial charge on any atom is 0.344 e. The van der Waals surface area contributed by atoms with E-state index in [1.165, 1.54) is 13.0 Å². The lowest BCUT2D eigenvalue weighted by molar-refractivity contribution is -0.144. The number of nitrogens with one attached hydrogen (secondary N) is 2. The number of thiocarbonyl (C=S) groups is 1. The Morgan fingerprint density at radius 1 is 1.23 bits per heavy atom. The van der Waals surface area contributed by atoms with Crippen LogP contribution in [0.25, 0.3) is 6.08 Å². The number of benzene rings is 1. The number of hydrogen-bond acceptors (Lipinski definition) is 5. The molecule has 0 spiro atoms. The molecule has 114 valence electrons. The van der Waals surface area contributed by atoms with Gasteiger partial charge in [0.25, 0.3) is 11.8 Å². The van der Waals surface area contributed by atoms with Crippen LogP contribution >= 0.6 is 12.2 Å². The topological polar surface area (TPSA) is 105 Å². The van der Waals surface area contributed by atoms with Gasteiger partial charge in [0.2, 0.25) is 0 Å². The molecule has 1 heterocycles. The van der Waals surface area contributed by atoms with Crippen LogP contribution in [0.3, 0.4) is 0 Å². The lowest BCUT2D eigenvalue weighted by atomic mass is 10.1. The van der Waals surface area contributed by atoms with Crippen molar-refractivity contribution in [2.45, 2.75) is 13.0 Å². The number of hydrogen-bond donors (Lipinski definition) is 3. The van der Waals surface area contributed by atoms with E-state index < -0.39 is 23.9 Å². The quantitative estimate of drug-likeness (QED) is 0.423. The Balaban J connectivity index is 2.15. The van der Waals surface area contributed by atoms with Crippen LogP contribution in [0.15, 0.2) is 29.8 Å². The van der Waals surface area contributed by atoms with Gasteiger partial charge in [0, 0.05) is 0 Å². The summed E-state index contributed by atoms with van der Waals surface area (Å²) >= 11 is 4.70. The maximum atomic E-state index is 11.7. The van der Waals surface area contributed by atoms with E-state index in [9.17, 15) is 14.4 Å². The van der Waals surface area contributed by atoms with Crippen molar-refractivity contribution in [3.05, 3.63) is 35.4 Å². The Labute approximate surface area is 131 Å². The van der Waals surface area contributed by atoms with Crippen LogP contribution in [0, 0.1) is 0 Å². The fourth-order valence-corrected chi connectivity index (χ4v) is 1.86. The normalized spacial score (nSPS) is 15.7. The first-order valence-electron chi connectivity index (χ1n) is 6.24. The smallest absolute Gasteiger partial charge is 0.344 e. The van der Waals surface area contributed by atoms with Crippen LogP contribution in [0.2, 0.25) is 0 Å². The van der Waals surface area contributed by atoms with Crippen molar-refractivity contribution in [2.75, 3.05) is 0 Å². The number of carboxylic acid groups (broad SMARTS) is 1. The van der Waals surface area contributed by atoms with Crippen LogP contribution in [0.4, 0.5) is 0 Å². The van der Waals surface area contributed by atoms with Crippen molar-refractivity contribution >= 4 is 41.2 Å². The molecule has 7 nitrogen and oxygen atoms in total. The molecule has 0 aromatic heterocycles. The molecule has 0 aliphatic carbocycles. The third-order valence-electron chi connectivity index (χ3n) is 2.80. The van der Waals surface area contributed by atoms with Gasteiger partial charge in [-0.25, -0.2) is 4.79 Å². The van der Waals surface area contributed by atoms with Crippen LogP contribution < -0.4 is 15.4 Å². The van der Waals surface area contributed by atoms with Crippen LogP contribution in [-0.4, -0.2) is 34.1 Å². The number of ether oxygens (including phenoxy) is 1. The van der Waals surface area contributed by atoms with Gasteiger partial charge < -0.3 is 9.84 Å². The lowest BCUT2D eigenvalue weighted by Gasteiger charge is -2.16. The van der Waals surface area contributed by atoms with E-state index in [1.54, 1.807) is 24.3 Å². The van der Waals surface area contributed by atoms with Crippen molar-refractivity contribution in [3.63, 3.8) is 0 Å². The minimum absolute atomic E-state index is 0.0291. The Hall–Kier alpha value is -2.74. The molecular formula is C14H12N2O5S. The van der Waals surface area contributed by atoms with Crippen molar-refractivity contribution < 1.29 is 24.2 Å². The monoisotopic (exact) mass is 320 g/mol. The largest absolute Gasteiger partial charge is 0.479 e. The Bertz CT molecular complexity index is 659. The summed E-state index contributed by atoms with van der Waals surface area (Å²) in [7, 11) is 0. The van der Waals surface area contributed by atoms with E-state index in [0.29, 0.717) is 11.3 Å². The van der Waals surface area contributed by atoms with E-state index in [-0.39, 0.29) is 10.7 Å². The number of rotatable bonds is 4. The minimum Gasteiger partial charge on any atom is -0.479 e. The summed E-state index contributed by atoms with van der Waals surface area (Å²) in [6, 6.07) is 6.30. The van der Waals surface area contributed by atoms with Crippen LogP contribution in [0.1, 0.15) is 12.5 Å². The van der Waals surface area contributed by atoms with Crippen LogP contribution in [0.5, 0.6) is 5.75 Å². The third-order valence-corrected chi connectivity index (χ3v) is 3.00. The van der Waals surface area contributed by atoms with Gasteiger partial charge in [0.1, 0.15) is 11.3 Å². The summed E-state index contributed by atoms with van der Waals surface area (Å²) in [6.45, 7) is 1.41. The second-order valence-electron chi connectivity index (χ2n) is 4.46. The number of carbonyl (C=O) groups is 3. The van der Waals surface area contributed by atoms with Crippen LogP contribution in [-0.2, 0) is 14.4 Å². The molecule has 1 atom stereocenters. The predicted octanol–water partition coefficient (Wildman–Crippen LogP) is 0.453. The number of amides is 2. The molecular weight excluding hydrogens is 308 g/mol. The first-order chi connectivity index (χ1) is 10.4. The lowest BCUT2D eigenvalue weighted by Crippen LogP contribution is -2.51. The highest BCUT2D eigenvalue weighted by Gasteiger charge is 2.25. The van der Waals surface area contributed by atoms with Gasteiger partial charge in [-0.3, -0.25) is 20.2 Å². The first-order valence-corrected chi connectivity index (χ1v) is 6.65. The summed E-state index contributed by atoms with van der Waals surface area (Å²) in [4.78, 5) is 34.1. The Morgan fingerprint density at radius 3 is 2.27 bits per heavy atom. The second-order valence-corrected chi connectivity index (χ2v) is 4.87. The maximum absolute atomic E-state index is 11.7. The van der Waals surface area contributed by atoms with Gasteiger partial charge in [-0.1, -0.05) is 12.1 Å². The van der Waals surface area contributed by atoms with E-state index in [1.807, 2.05) is 0 Å². The molecule has 1 fully saturated rings. The fourth-order valence-electron chi connectivity index (χ4n) is 1.67. The molecule has 0 unspecified atom stereocenters. The third kappa shape index (κ3) is 3.67. The van der Waals surface area contributed by atoms with E-state index in [4.69, 9.17) is 22.1 Å². The van der Waals surface area contributed by atoms with E-state index in [2.05, 4.69) is 10.6 Å². The van der Waals surface area contributed by atoms with Gasteiger partial charge >= 0.3 is 5.97 Å². The van der Waals surface area contributed by atoms with Gasteiger partial charge in [0.05, 0.1) is 0 Å². The van der Waals surface area contributed by atoms with E-state index >= 15 is 0 Å². The summed E-state index contributed by atoms with van der Waals surface area (Å²) < 4.78 is 5.18. The molecule has 0 saturated carbocycles. The van der Waals surface area contributed by atoms with Gasteiger partial charge in [0.15, 0.2) is 11.2 Å². The molecule has 1 aliphatic heterocycles. The fraction of sp³-hybridized carbons (Fsp3) is 0.143. The molecule has 2 amide bonds. The van der Waals surface area contributed by atoms with Gasteiger partial charge in [-0.05, 0) is 42.9 Å². The van der Waals surface area contributed by atoms with Gasteiger partial charge in [-0.15, -0.1) is 0 Å². The summed E-state index contributed by atoms with van der Waals surface area (Å²) in [5, 5.41) is 13.4. The molecule has 3 N–H and O–H groups in total. The average molecular weight is 320 g/mol. The molecule has 8 heteroatoms. The van der Waals surface area contributed by atoms with Crippen molar-refractivity contribution in [3.8, 4) is 5.75 Å². The van der Waals surface area contributed by atoms with Crippen molar-refractivity contribution in [2.24, 2.45) is 0 Å². The number of aliphatic carboxylic acids is 1. The molecule has 1 aromatic carbocycles. The second kappa shape index (κ2) is 6.35. The molecule has 0 radical (unpaired) electrons. The van der Waals surface area contributed by atoms with Gasteiger partial charge in [-0.2, -0.15) is 0 Å². The molecule has 1 aliphatic rings. The minimum atomic E-state index is -1.07. The zero-order valence-electron chi connectivity index (χ0n) is 11.5. The molecule has 2 rings (SSSR count). The number of carbonyl (C=O) groups excluding carboxylic acids is 2. The summed E-state index contributed by atoms with van der Waals surface area (Å²) in [5.74, 6) is -1.85. The Morgan fingerprint density at radius 2 is 1.77 bits per heavy atom. The standard InChI is InChI=1S/C14H12N2O5S/c1-7(13(19)20)21-9-4-2-8(3-5-9)6-10-11(17)15-14(22)16-12(10)18/h2-7H,1H3,(H,19,20)(H2,15,16,17,18,22)/t7-/m1/s1. The highest BCUT2D eigenvalue weighted by molar-refractivity contribution is 7.80. The van der Waals surface area contributed by atoms with Crippen molar-refractivity contribution in [1.29, 1.82) is 0 Å². The number of carboxylic acids is 1.